The Morgan fingerprint density at radius 3 is 2.81 bits per heavy atom. The second kappa shape index (κ2) is 4.22. The van der Waals surface area contributed by atoms with Crippen LogP contribution in [-0.2, 0) is 0 Å². The standard InChI is InChI=1S/C13H20N2O/c1-10(13-3-2-8-16-13)14-12-9-15-6-4-11(12)5-7-15/h2-3,8,10-12,14H,4-7,9H2,1H3. The van der Waals surface area contributed by atoms with Gasteiger partial charge < -0.3 is 14.6 Å². The number of fused-ring (bicyclic) bond motifs is 3. The molecule has 2 atom stereocenters. The van der Waals surface area contributed by atoms with Crippen molar-refractivity contribution in [1.82, 2.24) is 10.2 Å². The zero-order chi connectivity index (χ0) is 11.0. The van der Waals surface area contributed by atoms with Crippen LogP contribution in [0, 0.1) is 5.92 Å². The molecule has 0 amide bonds. The lowest BCUT2D eigenvalue weighted by Crippen LogP contribution is -2.56. The lowest BCUT2D eigenvalue weighted by atomic mass is 9.83. The van der Waals surface area contributed by atoms with Crippen molar-refractivity contribution >= 4 is 0 Å². The van der Waals surface area contributed by atoms with Gasteiger partial charge >= 0.3 is 0 Å². The van der Waals surface area contributed by atoms with Crippen LogP contribution in [0.15, 0.2) is 22.8 Å². The van der Waals surface area contributed by atoms with E-state index in [0.29, 0.717) is 12.1 Å². The van der Waals surface area contributed by atoms with Crippen LogP contribution in [0.5, 0.6) is 0 Å². The van der Waals surface area contributed by atoms with Gasteiger partial charge in [-0.15, -0.1) is 0 Å². The Balaban J connectivity index is 1.62. The number of hydrogen-bond donors (Lipinski definition) is 1. The molecule has 3 nitrogen and oxygen atoms in total. The van der Waals surface area contributed by atoms with Crippen molar-refractivity contribution < 1.29 is 4.42 Å². The van der Waals surface area contributed by atoms with Gasteiger partial charge in [0.25, 0.3) is 0 Å². The van der Waals surface area contributed by atoms with E-state index in [1.807, 2.05) is 6.07 Å². The van der Waals surface area contributed by atoms with Crippen molar-refractivity contribution in [1.29, 1.82) is 0 Å². The average Bonchev–Trinajstić information content (AvgIpc) is 2.84. The van der Waals surface area contributed by atoms with Gasteiger partial charge in [-0.05, 0) is 50.9 Å². The fourth-order valence-electron chi connectivity index (χ4n) is 3.09. The van der Waals surface area contributed by atoms with Crippen LogP contribution in [0.3, 0.4) is 0 Å². The topological polar surface area (TPSA) is 28.4 Å². The normalized spacial score (nSPS) is 35.2. The molecule has 1 N–H and O–H groups in total. The van der Waals surface area contributed by atoms with Gasteiger partial charge in [-0.3, -0.25) is 0 Å². The van der Waals surface area contributed by atoms with Crippen LogP contribution < -0.4 is 5.32 Å². The third-order valence-electron chi connectivity index (χ3n) is 4.09. The molecule has 3 saturated heterocycles. The van der Waals surface area contributed by atoms with E-state index >= 15 is 0 Å². The minimum Gasteiger partial charge on any atom is -0.468 e. The molecule has 3 heteroatoms. The summed E-state index contributed by atoms with van der Waals surface area (Å²) in [6, 6.07) is 5.01. The fraction of sp³-hybridized carbons (Fsp3) is 0.692. The van der Waals surface area contributed by atoms with E-state index in [1.54, 1.807) is 6.26 Å². The second-order valence-corrected chi connectivity index (χ2v) is 5.15. The van der Waals surface area contributed by atoms with Gasteiger partial charge in [0, 0.05) is 12.6 Å². The minimum absolute atomic E-state index is 0.334. The Bertz CT molecular complexity index is 328. The minimum atomic E-state index is 0.334. The van der Waals surface area contributed by atoms with E-state index in [1.165, 1.54) is 32.5 Å². The summed E-state index contributed by atoms with van der Waals surface area (Å²) < 4.78 is 5.44. The highest BCUT2D eigenvalue weighted by atomic mass is 16.3. The molecule has 3 aliphatic heterocycles. The Kier molecular flexibility index (Phi) is 2.74. The van der Waals surface area contributed by atoms with Gasteiger partial charge in [-0.25, -0.2) is 0 Å². The van der Waals surface area contributed by atoms with Crippen LogP contribution in [-0.4, -0.2) is 30.6 Å². The van der Waals surface area contributed by atoms with Crippen LogP contribution in [0.4, 0.5) is 0 Å². The van der Waals surface area contributed by atoms with Crippen LogP contribution in [0.1, 0.15) is 31.6 Å². The molecule has 0 saturated carbocycles. The Hall–Kier alpha value is -0.800. The average molecular weight is 220 g/mol. The number of nitrogens with zero attached hydrogens (tertiary/aromatic N) is 1. The highest BCUT2D eigenvalue weighted by Crippen LogP contribution is 2.29. The number of rotatable bonds is 3. The first-order chi connectivity index (χ1) is 7.83. The van der Waals surface area contributed by atoms with Crippen molar-refractivity contribution in [3.63, 3.8) is 0 Å². The van der Waals surface area contributed by atoms with Crippen molar-refractivity contribution in [2.75, 3.05) is 19.6 Å². The first kappa shape index (κ1) is 10.4. The van der Waals surface area contributed by atoms with E-state index < -0.39 is 0 Å². The number of hydrogen-bond acceptors (Lipinski definition) is 3. The molecular formula is C13H20N2O. The van der Waals surface area contributed by atoms with Gasteiger partial charge in [-0.1, -0.05) is 0 Å². The highest BCUT2D eigenvalue weighted by molar-refractivity contribution is 5.04. The summed E-state index contributed by atoms with van der Waals surface area (Å²) in [4.78, 5) is 2.58. The molecule has 0 aliphatic carbocycles. The first-order valence-corrected chi connectivity index (χ1v) is 6.35. The molecule has 2 bridgehead atoms. The van der Waals surface area contributed by atoms with E-state index in [9.17, 15) is 0 Å². The molecule has 0 spiro atoms. The summed E-state index contributed by atoms with van der Waals surface area (Å²) >= 11 is 0. The molecular weight excluding hydrogens is 200 g/mol. The number of furan rings is 1. The molecule has 16 heavy (non-hydrogen) atoms. The zero-order valence-corrected chi connectivity index (χ0v) is 9.86. The molecule has 88 valence electrons. The summed E-state index contributed by atoms with van der Waals surface area (Å²) in [7, 11) is 0. The van der Waals surface area contributed by atoms with E-state index in [2.05, 4.69) is 23.2 Å². The molecule has 0 radical (unpaired) electrons. The van der Waals surface area contributed by atoms with Gasteiger partial charge in [0.15, 0.2) is 0 Å². The first-order valence-electron chi connectivity index (χ1n) is 6.35. The maximum Gasteiger partial charge on any atom is 0.120 e. The maximum absolute atomic E-state index is 5.44. The van der Waals surface area contributed by atoms with Crippen LogP contribution in [0.2, 0.25) is 0 Å². The Morgan fingerprint density at radius 2 is 2.25 bits per heavy atom. The van der Waals surface area contributed by atoms with Crippen molar-refractivity contribution in [3.05, 3.63) is 24.2 Å². The predicted molar refractivity (Wildman–Crippen MR) is 63.2 cm³/mol. The quantitative estimate of drug-likeness (QED) is 0.845. The molecule has 2 unspecified atom stereocenters. The molecule has 4 heterocycles. The summed E-state index contributed by atoms with van der Waals surface area (Å²) in [5.74, 6) is 1.93. The Morgan fingerprint density at radius 1 is 1.44 bits per heavy atom. The predicted octanol–water partition coefficient (Wildman–Crippen LogP) is 2.02. The smallest absolute Gasteiger partial charge is 0.120 e. The highest BCUT2D eigenvalue weighted by Gasteiger charge is 2.34. The number of piperidine rings is 3. The third-order valence-corrected chi connectivity index (χ3v) is 4.09. The van der Waals surface area contributed by atoms with Crippen molar-refractivity contribution in [2.24, 2.45) is 5.92 Å². The molecule has 1 aromatic heterocycles. The molecule has 0 aromatic carbocycles. The SMILES string of the molecule is CC(NC1CN2CCC1CC2)c1ccco1. The molecule has 1 aromatic rings. The summed E-state index contributed by atoms with van der Waals surface area (Å²) in [5.41, 5.74) is 0. The third kappa shape index (κ3) is 1.89. The lowest BCUT2D eigenvalue weighted by Gasteiger charge is -2.45. The maximum atomic E-state index is 5.44. The van der Waals surface area contributed by atoms with E-state index in [0.717, 1.165) is 11.7 Å². The number of nitrogens with one attached hydrogen (secondary N) is 1. The van der Waals surface area contributed by atoms with Gasteiger partial charge in [0.1, 0.15) is 5.76 Å². The van der Waals surface area contributed by atoms with Gasteiger partial charge in [0.05, 0.1) is 12.3 Å². The fourth-order valence-corrected chi connectivity index (χ4v) is 3.09. The summed E-state index contributed by atoms with van der Waals surface area (Å²) in [6.45, 7) is 6.02. The van der Waals surface area contributed by atoms with Crippen LogP contribution in [0.25, 0.3) is 0 Å². The second-order valence-electron chi connectivity index (χ2n) is 5.15. The molecule has 3 aliphatic rings. The largest absolute Gasteiger partial charge is 0.468 e. The zero-order valence-electron chi connectivity index (χ0n) is 9.86. The molecule has 4 rings (SSSR count). The van der Waals surface area contributed by atoms with Crippen molar-refractivity contribution in [2.45, 2.75) is 31.8 Å². The monoisotopic (exact) mass is 220 g/mol. The molecule has 3 fully saturated rings. The van der Waals surface area contributed by atoms with Gasteiger partial charge in [0.2, 0.25) is 0 Å². The van der Waals surface area contributed by atoms with Crippen LogP contribution >= 0.6 is 0 Å². The lowest BCUT2D eigenvalue weighted by molar-refractivity contribution is 0.0666. The summed E-state index contributed by atoms with van der Waals surface area (Å²) in [5, 5.41) is 3.72. The van der Waals surface area contributed by atoms with Crippen molar-refractivity contribution in [3.8, 4) is 0 Å². The van der Waals surface area contributed by atoms with E-state index in [4.69, 9.17) is 4.42 Å². The Labute approximate surface area is 96.8 Å². The summed E-state index contributed by atoms with van der Waals surface area (Å²) in [6.07, 6.45) is 4.48. The van der Waals surface area contributed by atoms with Gasteiger partial charge in [-0.2, -0.15) is 0 Å². The van der Waals surface area contributed by atoms with E-state index in [-0.39, 0.29) is 0 Å².